The van der Waals surface area contributed by atoms with E-state index in [-0.39, 0.29) is 0 Å². The third-order valence-electron chi connectivity index (χ3n) is 4.27. The van der Waals surface area contributed by atoms with Crippen molar-refractivity contribution in [3.05, 3.63) is 11.5 Å². The number of hydrogen-bond acceptors (Lipinski definition) is 5. The molecule has 3 rings (SSSR count). The maximum absolute atomic E-state index is 6.03. The first-order chi connectivity index (χ1) is 9.16. The van der Waals surface area contributed by atoms with Gasteiger partial charge in [-0.1, -0.05) is 18.0 Å². The molecule has 2 atom stereocenters. The third kappa shape index (κ3) is 2.37. The molecule has 104 valence electrons. The van der Waals surface area contributed by atoms with Gasteiger partial charge in [0.1, 0.15) is 12.0 Å². The molecule has 1 aromatic heterocycles. The fraction of sp³-hybridized carbons (Fsp3) is 0.692. The van der Waals surface area contributed by atoms with Gasteiger partial charge in [0, 0.05) is 25.2 Å². The first-order valence-corrected chi connectivity index (χ1v) is 7.31. The summed E-state index contributed by atoms with van der Waals surface area (Å²) in [5, 5.41) is 0.350. The summed E-state index contributed by atoms with van der Waals surface area (Å²) in [6.45, 7) is 5.51. The molecule has 0 spiro atoms. The van der Waals surface area contributed by atoms with Gasteiger partial charge in [0.15, 0.2) is 11.0 Å². The normalized spacial score (nSPS) is 28.2. The molecule has 19 heavy (non-hydrogen) atoms. The summed E-state index contributed by atoms with van der Waals surface area (Å²) in [6.07, 6.45) is 5.41. The summed E-state index contributed by atoms with van der Waals surface area (Å²) < 4.78 is 0. The fourth-order valence-electron chi connectivity index (χ4n) is 3.24. The van der Waals surface area contributed by atoms with Gasteiger partial charge >= 0.3 is 0 Å². The molecule has 0 bridgehead atoms. The number of anilines is 2. The second kappa shape index (κ2) is 5.13. The summed E-state index contributed by atoms with van der Waals surface area (Å²) in [4.78, 5) is 13.2. The van der Waals surface area contributed by atoms with E-state index in [1.54, 1.807) is 0 Å². The van der Waals surface area contributed by atoms with Gasteiger partial charge in [-0.25, -0.2) is 9.97 Å². The summed E-state index contributed by atoms with van der Waals surface area (Å²) in [7, 11) is 0. The van der Waals surface area contributed by atoms with Crippen LogP contribution < -0.4 is 10.6 Å². The molecule has 2 unspecified atom stereocenters. The Balaban J connectivity index is 1.86. The number of nitrogens with zero attached hydrogens (tertiary/aromatic N) is 4. The number of hydrogen-bond donors (Lipinski definition) is 1. The van der Waals surface area contributed by atoms with E-state index in [4.69, 9.17) is 17.3 Å². The van der Waals surface area contributed by atoms with Crippen molar-refractivity contribution < 1.29 is 0 Å². The minimum absolute atomic E-state index is 0.350. The minimum Gasteiger partial charge on any atom is -0.393 e. The summed E-state index contributed by atoms with van der Waals surface area (Å²) in [5.41, 5.74) is 6.53. The standard InChI is InChI=1S/C13H20ClN5/c1-9-6-18-5-3-2-4-10(18)7-19(9)13-11(15)12(14)16-8-17-13/h8-10H,2-7,15H2,1H3. The highest BCUT2D eigenvalue weighted by Crippen LogP contribution is 2.32. The molecule has 2 fully saturated rings. The smallest absolute Gasteiger partial charge is 0.157 e. The van der Waals surface area contributed by atoms with Crippen molar-refractivity contribution in [2.75, 3.05) is 30.3 Å². The number of nitrogen functional groups attached to an aromatic ring is 1. The minimum atomic E-state index is 0.350. The average Bonchev–Trinajstić information content (AvgIpc) is 2.41. The molecule has 0 aliphatic carbocycles. The van der Waals surface area contributed by atoms with Gasteiger partial charge in [0.25, 0.3) is 0 Å². The monoisotopic (exact) mass is 281 g/mol. The van der Waals surface area contributed by atoms with Crippen molar-refractivity contribution in [1.82, 2.24) is 14.9 Å². The topological polar surface area (TPSA) is 58.3 Å². The van der Waals surface area contributed by atoms with E-state index in [2.05, 4.69) is 26.7 Å². The van der Waals surface area contributed by atoms with Crippen LogP contribution >= 0.6 is 11.6 Å². The lowest BCUT2D eigenvalue weighted by Gasteiger charge is -2.48. The van der Waals surface area contributed by atoms with Crippen molar-refractivity contribution in [3.63, 3.8) is 0 Å². The van der Waals surface area contributed by atoms with Crippen molar-refractivity contribution in [3.8, 4) is 0 Å². The van der Waals surface area contributed by atoms with Crippen LogP contribution in [0.2, 0.25) is 5.15 Å². The van der Waals surface area contributed by atoms with E-state index in [9.17, 15) is 0 Å². The quantitative estimate of drug-likeness (QED) is 0.795. The second-order valence-electron chi connectivity index (χ2n) is 5.55. The van der Waals surface area contributed by atoms with Crippen molar-refractivity contribution >= 4 is 23.1 Å². The van der Waals surface area contributed by atoms with E-state index in [1.807, 2.05) is 0 Å². The zero-order valence-corrected chi connectivity index (χ0v) is 12.0. The molecule has 1 aromatic rings. The second-order valence-corrected chi connectivity index (χ2v) is 5.91. The molecule has 3 heterocycles. The molecule has 0 aromatic carbocycles. The Hall–Kier alpha value is -1.07. The van der Waals surface area contributed by atoms with E-state index < -0.39 is 0 Å². The number of piperidine rings is 1. The largest absolute Gasteiger partial charge is 0.393 e. The molecule has 2 aliphatic heterocycles. The Bertz CT molecular complexity index is 466. The lowest BCUT2D eigenvalue weighted by molar-refractivity contribution is 0.115. The van der Waals surface area contributed by atoms with Crippen LogP contribution in [0, 0.1) is 0 Å². The number of nitrogens with two attached hydrogens (primary N) is 1. The van der Waals surface area contributed by atoms with Gasteiger partial charge in [-0.15, -0.1) is 0 Å². The van der Waals surface area contributed by atoms with Gasteiger partial charge in [-0.05, 0) is 26.3 Å². The molecular weight excluding hydrogens is 262 g/mol. The van der Waals surface area contributed by atoms with Crippen LogP contribution in [0.15, 0.2) is 6.33 Å². The molecule has 2 saturated heterocycles. The fourth-order valence-corrected chi connectivity index (χ4v) is 3.37. The highest BCUT2D eigenvalue weighted by molar-refractivity contribution is 6.32. The van der Waals surface area contributed by atoms with E-state index >= 15 is 0 Å². The van der Waals surface area contributed by atoms with Gasteiger partial charge in [-0.3, -0.25) is 4.90 Å². The Morgan fingerprint density at radius 2 is 2.16 bits per heavy atom. The molecular formula is C13H20ClN5. The first-order valence-electron chi connectivity index (χ1n) is 6.93. The molecule has 0 radical (unpaired) electrons. The maximum atomic E-state index is 6.03. The van der Waals surface area contributed by atoms with Crippen molar-refractivity contribution in [2.45, 2.75) is 38.3 Å². The number of aromatic nitrogens is 2. The van der Waals surface area contributed by atoms with E-state index in [1.165, 1.54) is 32.1 Å². The van der Waals surface area contributed by atoms with Crippen LogP contribution in [0.1, 0.15) is 26.2 Å². The Labute approximate surface area is 118 Å². The van der Waals surface area contributed by atoms with Crippen LogP contribution in [0.5, 0.6) is 0 Å². The summed E-state index contributed by atoms with van der Waals surface area (Å²) in [6, 6.07) is 1.03. The van der Waals surface area contributed by atoms with Crippen LogP contribution in [0.25, 0.3) is 0 Å². The van der Waals surface area contributed by atoms with Crippen molar-refractivity contribution in [2.24, 2.45) is 0 Å². The molecule has 2 aliphatic rings. The van der Waals surface area contributed by atoms with Crippen LogP contribution in [-0.2, 0) is 0 Å². The van der Waals surface area contributed by atoms with Crippen LogP contribution in [0.4, 0.5) is 11.5 Å². The molecule has 0 amide bonds. The Kier molecular flexibility index (Phi) is 3.50. The predicted molar refractivity (Wildman–Crippen MR) is 77.5 cm³/mol. The zero-order valence-electron chi connectivity index (χ0n) is 11.2. The van der Waals surface area contributed by atoms with E-state index in [0.717, 1.165) is 18.9 Å². The van der Waals surface area contributed by atoms with Gasteiger partial charge in [0.2, 0.25) is 0 Å². The van der Waals surface area contributed by atoms with Crippen molar-refractivity contribution in [1.29, 1.82) is 0 Å². The highest BCUT2D eigenvalue weighted by atomic mass is 35.5. The molecule has 5 nitrogen and oxygen atoms in total. The lowest BCUT2D eigenvalue weighted by atomic mass is 9.97. The highest BCUT2D eigenvalue weighted by Gasteiger charge is 2.34. The number of rotatable bonds is 1. The van der Waals surface area contributed by atoms with Crippen LogP contribution in [0.3, 0.4) is 0 Å². The molecule has 0 saturated carbocycles. The zero-order chi connectivity index (χ0) is 13.4. The number of piperazine rings is 1. The maximum Gasteiger partial charge on any atom is 0.157 e. The predicted octanol–water partition coefficient (Wildman–Crippen LogP) is 1.78. The SMILES string of the molecule is CC1CN2CCCCC2CN1c1ncnc(Cl)c1N. The number of fused-ring (bicyclic) bond motifs is 1. The molecule has 2 N–H and O–H groups in total. The summed E-state index contributed by atoms with van der Waals surface area (Å²) >= 11 is 6.00. The number of halogens is 1. The Morgan fingerprint density at radius 1 is 1.32 bits per heavy atom. The molecule has 6 heteroatoms. The third-order valence-corrected chi connectivity index (χ3v) is 4.57. The van der Waals surface area contributed by atoms with Crippen LogP contribution in [-0.4, -0.2) is 46.6 Å². The van der Waals surface area contributed by atoms with E-state index in [0.29, 0.717) is 22.9 Å². The lowest BCUT2D eigenvalue weighted by Crippen LogP contribution is -2.59. The Morgan fingerprint density at radius 3 is 3.00 bits per heavy atom. The summed E-state index contributed by atoms with van der Waals surface area (Å²) in [5.74, 6) is 0.790. The first kappa shape index (κ1) is 12.9. The van der Waals surface area contributed by atoms with Gasteiger partial charge in [-0.2, -0.15) is 0 Å². The average molecular weight is 282 g/mol. The van der Waals surface area contributed by atoms with Gasteiger partial charge < -0.3 is 10.6 Å². The van der Waals surface area contributed by atoms with Gasteiger partial charge in [0.05, 0.1) is 0 Å².